The summed E-state index contributed by atoms with van der Waals surface area (Å²) in [7, 11) is 0. The normalized spacial score (nSPS) is 8.00. The van der Waals surface area contributed by atoms with Crippen molar-refractivity contribution in [1.29, 1.82) is 0 Å². The lowest BCUT2D eigenvalue weighted by Crippen LogP contribution is -1.38. The first kappa shape index (κ1) is 7.02. The van der Waals surface area contributed by atoms with Crippen LogP contribution in [0.2, 0.25) is 0 Å². The number of hydrogen-bond donors (Lipinski definition) is 0. The lowest BCUT2D eigenvalue weighted by Gasteiger charge is -1.48. The Balaban J connectivity index is 0.0000001000. The molecule has 2 aromatic heterocycles. The number of hydrogen-bond acceptors (Lipinski definition) is 3. The molecule has 0 unspecified atom stereocenters. The topological polar surface area (TPSA) is 26.0 Å². The highest BCUT2D eigenvalue weighted by Gasteiger charge is 1.60. The third-order valence-corrected chi connectivity index (χ3v) is 1.40. The van der Waals surface area contributed by atoms with Gasteiger partial charge in [0, 0.05) is 0 Å². The van der Waals surface area contributed by atoms with Gasteiger partial charge < -0.3 is 4.52 Å². The molecule has 0 N–H and O–H groups in total. The molecule has 52 valence electrons. The van der Waals surface area contributed by atoms with Crippen LogP contribution in [0.15, 0.2) is 45.9 Å². The molecular formula is C7H7NOS. The van der Waals surface area contributed by atoms with Crippen LogP contribution < -0.4 is 0 Å². The summed E-state index contributed by atoms with van der Waals surface area (Å²) < 4.78 is 4.33. The van der Waals surface area contributed by atoms with Gasteiger partial charge in [-0.1, -0.05) is 17.3 Å². The third-order valence-electron chi connectivity index (χ3n) is 0.773. The van der Waals surface area contributed by atoms with Gasteiger partial charge in [0.2, 0.25) is 0 Å². The van der Waals surface area contributed by atoms with Crippen LogP contribution in [0, 0.1) is 0 Å². The largest absolute Gasteiger partial charge is 0.365 e. The molecule has 10 heavy (non-hydrogen) atoms. The van der Waals surface area contributed by atoms with Crippen molar-refractivity contribution in [2.45, 2.75) is 0 Å². The van der Waals surface area contributed by atoms with E-state index >= 15 is 0 Å². The van der Waals surface area contributed by atoms with E-state index in [4.69, 9.17) is 0 Å². The van der Waals surface area contributed by atoms with Crippen LogP contribution in [-0.2, 0) is 0 Å². The van der Waals surface area contributed by atoms with Crippen molar-refractivity contribution in [2.24, 2.45) is 0 Å². The smallest absolute Gasteiger partial charge is 0.123 e. The van der Waals surface area contributed by atoms with Crippen LogP contribution in [0.1, 0.15) is 0 Å². The SMILES string of the molecule is c1ccsc1.c1cnoc1. The van der Waals surface area contributed by atoms with Crippen LogP contribution in [0.3, 0.4) is 0 Å². The van der Waals surface area contributed by atoms with Crippen LogP contribution in [0.5, 0.6) is 0 Å². The van der Waals surface area contributed by atoms with Gasteiger partial charge in [-0.05, 0) is 16.8 Å². The zero-order valence-electron chi connectivity index (χ0n) is 5.31. The molecule has 2 nitrogen and oxygen atoms in total. The molecule has 0 bridgehead atoms. The molecule has 2 heterocycles. The minimum absolute atomic E-state index is 1.51. The van der Waals surface area contributed by atoms with Gasteiger partial charge in [-0.15, -0.1) is 0 Å². The molecule has 0 saturated heterocycles. The quantitative estimate of drug-likeness (QED) is 0.581. The molecule has 0 atom stereocenters. The van der Waals surface area contributed by atoms with Crippen molar-refractivity contribution >= 4 is 11.3 Å². The maximum atomic E-state index is 4.33. The fourth-order valence-electron chi connectivity index (χ4n) is 0.402. The molecule has 0 aromatic carbocycles. The number of nitrogens with zero attached hydrogens (tertiary/aromatic N) is 1. The van der Waals surface area contributed by atoms with Gasteiger partial charge in [0.1, 0.15) is 6.26 Å². The fourth-order valence-corrected chi connectivity index (χ4v) is 0.856. The second-order valence-electron chi connectivity index (χ2n) is 1.48. The van der Waals surface area contributed by atoms with E-state index < -0.39 is 0 Å². The average molecular weight is 153 g/mol. The summed E-state index contributed by atoms with van der Waals surface area (Å²) in [5.41, 5.74) is 0. The Kier molecular flexibility index (Phi) is 3.34. The summed E-state index contributed by atoms with van der Waals surface area (Å²) >= 11 is 1.71. The molecule has 0 amide bonds. The van der Waals surface area contributed by atoms with E-state index in [0.29, 0.717) is 0 Å². The standard InChI is InChI=1S/C4H4S.C3H3NO/c2*1-2-4-5-3-1/h1-4H;1-3H. The molecule has 0 aliphatic heterocycles. The van der Waals surface area contributed by atoms with Gasteiger partial charge in [0.05, 0.1) is 6.20 Å². The summed E-state index contributed by atoms with van der Waals surface area (Å²) in [6, 6.07) is 5.76. The summed E-state index contributed by atoms with van der Waals surface area (Å²) in [6.45, 7) is 0. The van der Waals surface area contributed by atoms with Crippen LogP contribution in [0.4, 0.5) is 0 Å². The van der Waals surface area contributed by atoms with E-state index in [1.807, 2.05) is 22.9 Å². The summed E-state index contributed by atoms with van der Waals surface area (Å²) in [6.07, 6.45) is 3.10. The first-order chi connectivity index (χ1) is 5.00. The molecular weight excluding hydrogens is 146 g/mol. The minimum atomic E-state index is 1.51. The van der Waals surface area contributed by atoms with Crippen LogP contribution >= 0.6 is 11.3 Å². The zero-order valence-corrected chi connectivity index (χ0v) is 6.12. The van der Waals surface area contributed by atoms with Crippen LogP contribution in [-0.4, -0.2) is 5.16 Å². The minimum Gasteiger partial charge on any atom is -0.365 e. The van der Waals surface area contributed by atoms with Crippen molar-refractivity contribution < 1.29 is 4.52 Å². The van der Waals surface area contributed by atoms with Crippen molar-refractivity contribution in [3.8, 4) is 0 Å². The highest BCUT2D eigenvalue weighted by molar-refractivity contribution is 7.07. The lowest BCUT2D eigenvalue weighted by atomic mass is 10.7. The summed E-state index contributed by atoms with van der Waals surface area (Å²) in [5, 5.41) is 7.43. The van der Waals surface area contributed by atoms with Gasteiger partial charge in [0.25, 0.3) is 0 Å². The Hall–Kier alpha value is -1.09. The van der Waals surface area contributed by atoms with Gasteiger partial charge in [-0.2, -0.15) is 11.3 Å². The van der Waals surface area contributed by atoms with E-state index in [2.05, 4.69) is 9.68 Å². The van der Waals surface area contributed by atoms with Gasteiger partial charge >= 0.3 is 0 Å². The highest BCUT2D eigenvalue weighted by Crippen LogP contribution is 1.91. The van der Waals surface area contributed by atoms with Crippen molar-refractivity contribution in [2.75, 3.05) is 0 Å². The predicted octanol–water partition coefficient (Wildman–Crippen LogP) is 2.42. The van der Waals surface area contributed by atoms with Crippen LogP contribution in [0.25, 0.3) is 0 Å². The lowest BCUT2D eigenvalue weighted by molar-refractivity contribution is 0.420. The first-order valence-electron chi connectivity index (χ1n) is 2.81. The third kappa shape index (κ3) is 3.04. The summed E-state index contributed by atoms with van der Waals surface area (Å²) in [4.78, 5) is 0. The fraction of sp³-hybridized carbons (Fsp3) is 0. The van der Waals surface area contributed by atoms with Crippen molar-refractivity contribution in [1.82, 2.24) is 5.16 Å². The number of rotatable bonds is 0. The second-order valence-corrected chi connectivity index (χ2v) is 2.30. The molecule has 0 saturated carbocycles. The van der Waals surface area contributed by atoms with E-state index in [1.165, 1.54) is 6.26 Å². The Labute approximate surface area is 63.1 Å². The van der Waals surface area contributed by atoms with E-state index in [-0.39, 0.29) is 0 Å². The molecule has 2 aromatic rings. The maximum absolute atomic E-state index is 4.33. The van der Waals surface area contributed by atoms with Crippen molar-refractivity contribution in [3.63, 3.8) is 0 Å². The molecule has 0 fully saturated rings. The van der Waals surface area contributed by atoms with Crippen molar-refractivity contribution in [3.05, 3.63) is 41.4 Å². The van der Waals surface area contributed by atoms with Gasteiger partial charge in [-0.3, -0.25) is 0 Å². The number of thiophene rings is 1. The average Bonchev–Trinajstić information content (AvgIpc) is 2.67. The van der Waals surface area contributed by atoms with Gasteiger partial charge in [0.15, 0.2) is 0 Å². The van der Waals surface area contributed by atoms with E-state index in [1.54, 1.807) is 23.6 Å². The molecule has 2 rings (SSSR count). The molecule has 3 heteroatoms. The molecule has 0 aliphatic rings. The Morgan fingerprint density at radius 3 is 2.10 bits per heavy atom. The van der Waals surface area contributed by atoms with Gasteiger partial charge in [-0.25, -0.2) is 0 Å². The molecule has 0 spiro atoms. The highest BCUT2D eigenvalue weighted by atomic mass is 32.1. The summed E-state index contributed by atoms with van der Waals surface area (Å²) in [5.74, 6) is 0. The van der Waals surface area contributed by atoms with E-state index in [9.17, 15) is 0 Å². The molecule has 0 radical (unpaired) electrons. The number of aromatic nitrogens is 1. The predicted molar refractivity (Wildman–Crippen MR) is 40.8 cm³/mol. The monoisotopic (exact) mass is 153 g/mol. The maximum Gasteiger partial charge on any atom is 0.123 e. The second kappa shape index (κ2) is 4.76. The first-order valence-corrected chi connectivity index (χ1v) is 3.76. The molecule has 0 aliphatic carbocycles. The Morgan fingerprint density at radius 2 is 1.90 bits per heavy atom. The Morgan fingerprint density at radius 1 is 1.10 bits per heavy atom. The van der Waals surface area contributed by atoms with E-state index in [0.717, 1.165) is 0 Å². The zero-order chi connectivity index (χ0) is 7.07. The Bertz CT molecular complexity index is 153.